The molecule has 26 heavy (non-hydrogen) atoms. The Morgan fingerprint density at radius 1 is 1.15 bits per heavy atom. The minimum Gasteiger partial charge on any atom is -0.491 e. The molecule has 134 valence electrons. The van der Waals surface area contributed by atoms with Crippen LogP contribution in [0.2, 0.25) is 0 Å². The summed E-state index contributed by atoms with van der Waals surface area (Å²) in [7, 11) is 0. The molecule has 4 nitrogen and oxygen atoms in total. The molecule has 0 fully saturated rings. The predicted molar refractivity (Wildman–Crippen MR) is 101 cm³/mol. The number of hydrogen-bond acceptors (Lipinski definition) is 4. The number of rotatable bonds is 6. The van der Waals surface area contributed by atoms with Crippen LogP contribution in [0.1, 0.15) is 34.6 Å². The number of thiazole rings is 1. The summed E-state index contributed by atoms with van der Waals surface area (Å²) in [5, 5.41) is 3.34. The molecule has 1 heterocycles. The van der Waals surface area contributed by atoms with Crippen LogP contribution in [0.5, 0.6) is 5.75 Å². The normalized spacial score (nSPS) is 10.8. The zero-order valence-electron chi connectivity index (χ0n) is 14.5. The van der Waals surface area contributed by atoms with Crippen LogP contribution in [0.3, 0.4) is 0 Å². The summed E-state index contributed by atoms with van der Waals surface area (Å²) in [4.78, 5) is 17.6. The summed E-state index contributed by atoms with van der Waals surface area (Å²) in [6, 6.07) is 13.4. The fourth-order valence-corrected chi connectivity index (χ4v) is 3.22. The van der Waals surface area contributed by atoms with Crippen molar-refractivity contribution in [2.45, 2.75) is 26.4 Å². The molecule has 1 aromatic heterocycles. The van der Waals surface area contributed by atoms with Gasteiger partial charge in [-0.25, -0.2) is 9.37 Å². The van der Waals surface area contributed by atoms with Crippen LogP contribution in [0, 0.1) is 5.82 Å². The van der Waals surface area contributed by atoms with Crippen molar-refractivity contribution >= 4 is 22.4 Å². The molecule has 0 radical (unpaired) electrons. The number of anilines is 1. The first-order valence-corrected chi connectivity index (χ1v) is 9.08. The summed E-state index contributed by atoms with van der Waals surface area (Å²) < 4.78 is 18.5. The highest BCUT2D eigenvalue weighted by Gasteiger charge is 2.10. The van der Waals surface area contributed by atoms with Gasteiger partial charge in [-0.2, -0.15) is 0 Å². The molecule has 0 aliphatic carbocycles. The highest BCUT2D eigenvalue weighted by atomic mass is 32.1. The van der Waals surface area contributed by atoms with Gasteiger partial charge in [0.05, 0.1) is 6.10 Å². The first-order chi connectivity index (χ1) is 12.5. The molecule has 0 atom stereocenters. The Hall–Kier alpha value is -2.73. The van der Waals surface area contributed by atoms with E-state index in [1.54, 1.807) is 42.6 Å². The monoisotopic (exact) mass is 370 g/mol. The highest BCUT2D eigenvalue weighted by molar-refractivity contribution is 7.15. The zero-order valence-corrected chi connectivity index (χ0v) is 15.3. The lowest BCUT2D eigenvalue weighted by Gasteiger charge is -2.09. The van der Waals surface area contributed by atoms with E-state index in [9.17, 15) is 9.18 Å². The number of halogens is 1. The molecule has 1 N–H and O–H groups in total. The third-order valence-electron chi connectivity index (χ3n) is 3.55. The number of nitrogens with zero attached hydrogens (tertiary/aromatic N) is 1. The van der Waals surface area contributed by atoms with E-state index in [0.29, 0.717) is 17.1 Å². The molecule has 0 aliphatic heterocycles. The lowest BCUT2D eigenvalue weighted by atomic mass is 10.1. The van der Waals surface area contributed by atoms with E-state index in [-0.39, 0.29) is 17.8 Å². The molecule has 6 heteroatoms. The van der Waals surface area contributed by atoms with E-state index in [1.165, 1.54) is 23.5 Å². The van der Waals surface area contributed by atoms with Gasteiger partial charge in [0.25, 0.3) is 5.91 Å². The van der Waals surface area contributed by atoms with Crippen LogP contribution in [0.4, 0.5) is 9.52 Å². The number of ether oxygens (including phenoxy) is 1. The zero-order chi connectivity index (χ0) is 18.5. The van der Waals surface area contributed by atoms with Gasteiger partial charge in [-0.1, -0.05) is 12.1 Å². The van der Waals surface area contributed by atoms with Crippen LogP contribution in [-0.4, -0.2) is 17.0 Å². The first kappa shape index (κ1) is 18.1. The number of carbonyl (C=O) groups is 1. The molecular formula is C20H19FN2O2S. The Labute approximate surface area is 155 Å². The summed E-state index contributed by atoms with van der Waals surface area (Å²) >= 11 is 1.40. The van der Waals surface area contributed by atoms with Crippen molar-refractivity contribution in [2.24, 2.45) is 0 Å². The lowest BCUT2D eigenvalue weighted by molar-refractivity contribution is 0.102. The number of aromatic nitrogens is 1. The third-order valence-corrected chi connectivity index (χ3v) is 4.47. The van der Waals surface area contributed by atoms with E-state index in [1.807, 2.05) is 13.8 Å². The van der Waals surface area contributed by atoms with E-state index < -0.39 is 0 Å². The average Bonchev–Trinajstić information content (AvgIpc) is 3.04. The van der Waals surface area contributed by atoms with Crippen LogP contribution in [0.15, 0.2) is 54.7 Å². The van der Waals surface area contributed by atoms with Gasteiger partial charge < -0.3 is 4.74 Å². The number of hydrogen-bond donors (Lipinski definition) is 1. The second-order valence-corrected chi connectivity index (χ2v) is 7.20. The van der Waals surface area contributed by atoms with Gasteiger partial charge in [0.1, 0.15) is 11.6 Å². The molecule has 3 aromatic rings. The van der Waals surface area contributed by atoms with E-state index in [0.717, 1.165) is 16.2 Å². The molecule has 1 amide bonds. The first-order valence-electron chi connectivity index (χ1n) is 8.27. The molecule has 0 saturated carbocycles. The van der Waals surface area contributed by atoms with Gasteiger partial charge in [0.15, 0.2) is 5.13 Å². The molecule has 0 unspecified atom stereocenters. The Bertz CT molecular complexity index is 874. The van der Waals surface area contributed by atoms with Crippen molar-refractivity contribution < 1.29 is 13.9 Å². The molecule has 0 aliphatic rings. The van der Waals surface area contributed by atoms with Crippen LogP contribution in [0.25, 0.3) is 0 Å². The second kappa shape index (κ2) is 8.10. The maximum atomic E-state index is 13.0. The van der Waals surface area contributed by atoms with Crippen LogP contribution >= 0.6 is 11.3 Å². The van der Waals surface area contributed by atoms with E-state index in [4.69, 9.17) is 4.74 Å². The van der Waals surface area contributed by atoms with Crippen molar-refractivity contribution in [3.63, 3.8) is 0 Å². The van der Waals surface area contributed by atoms with Crippen molar-refractivity contribution in [3.8, 4) is 5.75 Å². The second-order valence-electron chi connectivity index (χ2n) is 6.08. The van der Waals surface area contributed by atoms with Crippen molar-refractivity contribution in [1.82, 2.24) is 4.98 Å². The molecule has 0 spiro atoms. The SMILES string of the molecule is CC(C)Oc1ccc(C(=O)Nc2ncc(Cc3ccc(F)cc3)s2)cc1. The smallest absolute Gasteiger partial charge is 0.257 e. The maximum absolute atomic E-state index is 13.0. The molecule has 3 rings (SSSR count). The van der Waals surface area contributed by atoms with Gasteiger partial charge in [0.2, 0.25) is 0 Å². The standard InChI is InChI=1S/C20H19FN2O2S/c1-13(2)25-17-9-5-15(6-10-17)19(24)23-20-22-12-18(26-20)11-14-3-7-16(21)8-4-14/h3-10,12-13H,11H2,1-2H3,(H,22,23,24). The van der Waals surface area contributed by atoms with Gasteiger partial charge >= 0.3 is 0 Å². The number of benzene rings is 2. The molecular weight excluding hydrogens is 351 g/mol. The van der Waals surface area contributed by atoms with Crippen molar-refractivity contribution in [3.05, 3.63) is 76.5 Å². The predicted octanol–water partition coefficient (Wildman–Crippen LogP) is 4.91. The number of amides is 1. The molecule has 0 saturated heterocycles. The Morgan fingerprint density at radius 2 is 1.85 bits per heavy atom. The third kappa shape index (κ3) is 4.89. The average molecular weight is 370 g/mol. The maximum Gasteiger partial charge on any atom is 0.257 e. The van der Waals surface area contributed by atoms with E-state index >= 15 is 0 Å². The van der Waals surface area contributed by atoms with Crippen molar-refractivity contribution in [1.29, 1.82) is 0 Å². The molecule has 0 bridgehead atoms. The van der Waals surface area contributed by atoms with Crippen molar-refractivity contribution in [2.75, 3.05) is 5.32 Å². The van der Waals surface area contributed by atoms with Gasteiger partial charge in [-0.15, -0.1) is 11.3 Å². The Morgan fingerprint density at radius 3 is 2.50 bits per heavy atom. The van der Waals surface area contributed by atoms with Gasteiger partial charge in [-0.05, 0) is 55.8 Å². The number of carbonyl (C=O) groups excluding carboxylic acids is 1. The van der Waals surface area contributed by atoms with Crippen LogP contribution < -0.4 is 10.1 Å². The topological polar surface area (TPSA) is 51.2 Å². The van der Waals surface area contributed by atoms with Gasteiger partial charge in [-0.3, -0.25) is 10.1 Å². The minimum atomic E-state index is -0.254. The largest absolute Gasteiger partial charge is 0.491 e. The summed E-state index contributed by atoms with van der Waals surface area (Å²) in [5.74, 6) is 0.256. The fourth-order valence-electron chi connectivity index (χ4n) is 2.38. The summed E-state index contributed by atoms with van der Waals surface area (Å²) in [6.07, 6.45) is 2.46. The summed E-state index contributed by atoms with van der Waals surface area (Å²) in [6.45, 7) is 3.90. The fraction of sp³-hybridized carbons (Fsp3) is 0.200. The summed E-state index contributed by atoms with van der Waals surface area (Å²) in [5.41, 5.74) is 1.53. The van der Waals surface area contributed by atoms with Crippen LogP contribution in [-0.2, 0) is 6.42 Å². The van der Waals surface area contributed by atoms with Gasteiger partial charge in [0, 0.05) is 23.1 Å². The Balaban J connectivity index is 1.61. The number of nitrogens with one attached hydrogen (secondary N) is 1. The minimum absolute atomic E-state index is 0.0875. The lowest BCUT2D eigenvalue weighted by Crippen LogP contribution is -2.11. The highest BCUT2D eigenvalue weighted by Crippen LogP contribution is 2.22. The molecule has 2 aromatic carbocycles. The van der Waals surface area contributed by atoms with E-state index in [2.05, 4.69) is 10.3 Å². The quantitative estimate of drug-likeness (QED) is 0.670. The Kier molecular flexibility index (Phi) is 5.63.